The molecule has 0 N–H and O–H groups in total. The Hall–Kier alpha value is 0.0129. The Bertz CT molecular complexity index is 46.8. The van der Waals surface area contributed by atoms with Gasteiger partial charge in [-0.1, -0.05) is 0 Å². The third kappa shape index (κ3) is 2.26. The van der Waals surface area contributed by atoms with Crippen molar-refractivity contribution in [2.75, 3.05) is 7.11 Å². The predicted molar refractivity (Wildman–Crippen MR) is 22.6 cm³/mol. The van der Waals surface area contributed by atoms with Gasteiger partial charge in [0.25, 0.3) is 0 Å². The Morgan fingerprint density at radius 3 is 2.50 bits per heavy atom. The molecule has 0 aliphatic carbocycles. The number of ether oxygens (including phenoxy) is 1. The maximum atomic E-state index is 9.96. The second-order valence-electron chi connectivity index (χ2n) is 0.753. The Balaban J connectivity index is 2.99. The van der Waals surface area contributed by atoms with Gasteiger partial charge in [0.05, 0.1) is 0 Å². The van der Waals surface area contributed by atoms with E-state index in [-0.39, 0.29) is 5.97 Å². The van der Waals surface area contributed by atoms with Gasteiger partial charge in [-0.3, -0.25) is 0 Å². The molecule has 6 heavy (non-hydrogen) atoms. The van der Waals surface area contributed by atoms with Gasteiger partial charge in [-0.05, 0) is 0 Å². The van der Waals surface area contributed by atoms with E-state index in [0.717, 1.165) is 0 Å². The molecule has 0 aliphatic heterocycles. The van der Waals surface area contributed by atoms with Crippen LogP contribution in [0.3, 0.4) is 0 Å². The average molecular weight is 146 g/mol. The van der Waals surface area contributed by atoms with E-state index in [2.05, 4.69) is 4.74 Å². The first-order valence-corrected chi connectivity index (χ1v) is 3.01. The first-order chi connectivity index (χ1) is 2.81. The van der Waals surface area contributed by atoms with Crippen LogP contribution >= 0.6 is 0 Å². The van der Waals surface area contributed by atoms with Crippen LogP contribution in [0, 0.1) is 0 Å². The minimum atomic E-state index is -0.157. The van der Waals surface area contributed by atoms with Crippen molar-refractivity contribution < 1.29 is 9.53 Å². The third-order valence-corrected chi connectivity index (χ3v) is 0.978. The summed E-state index contributed by atoms with van der Waals surface area (Å²) < 4.78 is 4.26. The molecule has 0 amide bonds. The van der Waals surface area contributed by atoms with Gasteiger partial charge < -0.3 is 0 Å². The Morgan fingerprint density at radius 1 is 2.00 bits per heavy atom. The van der Waals surface area contributed by atoms with Crippen LogP contribution in [0.1, 0.15) is 0 Å². The molecule has 33 valence electrons. The predicted octanol–water partition coefficient (Wildman–Crippen LogP) is -0.254. The fourth-order valence-electron chi connectivity index (χ4n) is 0.0722. The molecule has 3 heteroatoms. The molecule has 0 atom stereocenters. The molecule has 0 aromatic rings. The molecule has 3 radical (unpaired) electrons. The summed E-state index contributed by atoms with van der Waals surface area (Å²) in [5.74, 6) is -0.157. The van der Waals surface area contributed by atoms with Crippen molar-refractivity contribution in [1.82, 2.24) is 0 Å². The van der Waals surface area contributed by atoms with Gasteiger partial charge in [0.2, 0.25) is 0 Å². The quantitative estimate of drug-likeness (QED) is 0.376. The molecular weight excluding hydrogens is 141 g/mol. The van der Waals surface area contributed by atoms with E-state index >= 15 is 0 Å². The zero-order valence-electron chi connectivity index (χ0n) is 3.52. The number of hydrogen-bond acceptors (Lipinski definition) is 2. The van der Waals surface area contributed by atoms with Gasteiger partial charge >= 0.3 is 44.4 Å². The first-order valence-electron chi connectivity index (χ1n) is 1.52. The van der Waals surface area contributed by atoms with Gasteiger partial charge in [0.15, 0.2) is 0 Å². The van der Waals surface area contributed by atoms with Crippen molar-refractivity contribution in [1.29, 1.82) is 0 Å². The molecular formula is C3H5GeO2. The van der Waals surface area contributed by atoms with E-state index in [1.54, 1.807) is 16.5 Å². The Morgan fingerprint density at radius 2 is 2.50 bits per heavy atom. The van der Waals surface area contributed by atoms with Crippen molar-refractivity contribution in [3.63, 3.8) is 0 Å². The van der Waals surface area contributed by atoms with E-state index in [4.69, 9.17) is 0 Å². The van der Waals surface area contributed by atoms with Crippen molar-refractivity contribution in [2.24, 2.45) is 0 Å². The average Bonchev–Trinajstić information content (AvgIpc) is 1.65. The van der Waals surface area contributed by atoms with E-state index in [1.165, 1.54) is 7.11 Å². The first kappa shape index (κ1) is 6.01. The molecule has 0 saturated carbocycles. The van der Waals surface area contributed by atoms with Crippen LogP contribution in [0.4, 0.5) is 0 Å². The molecule has 0 fully saturated rings. The summed E-state index contributed by atoms with van der Waals surface area (Å²) in [7, 11) is 1.38. The van der Waals surface area contributed by atoms with Crippen LogP contribution in [0.5, 0.6) is 0 Å². The molecule has 0 bridgehead atoms. The van der Waals surface area contributed by atoms with E-state index < -0.39 is 0 Å². The van der Waals surface area contributed by atoms with Crippen molar-refractivity contribution in [3.05, 3.63) is 0 Å². The Labute approximate surface area is 45.1 Å². The summed E-state index contributed by atoms with van der Waals surface area (Å²) in [5, 5.41) is 0.469. The summed E-state index contributed by atoms with van der Waals surface area (Å²) in [6, 6.07) is 0. The zero-order valence-corrected chi connectivity index (χ0v) is 5.62. The number of esters is 1. The molecule has 0 heterocycles. The second kappa shape index (κ2) is 3.21. The second-order valence-corrected chi connectivity index (χ2v) is 1.49. The van der Waals surface area contributed by atoms with Crippen LogP contribution in [0.15, 0.2) is 0 Å². The monoisotopic (exact) mass is 147 g/mol. The van der Waals surface area contributed by atoms with Crippen LogP contribution in [-0.4, -0.2) is 29.6 Å². The Kier molecular flexibility index (Phi) is 3.22. The molecule has 0 rings (SSSR count). The van der Waals surface area contributed by atoms with Crippen LogP contribution in [0.2, 0.25) is 5.25 Å². The minimum absolute atomic E-state index is 0.157. The maximum absolute atomic E-state index is 9.96. The summed E-state index contributed by atoms with van der Waals surface area (Å²) in [6.45, 7) is 0. The van der Waals surface area contributed by atoms with Crippen molar-refractivity contribution in [3.8, 4) is 0 Å². The summed E-state index contributed by atoms with van der Waals surface area (Å²) in [4.78, 5) is 9.96. The van der Waals surface area contributed by atoms with Crippen LogP contribution in [0.25, 0.3) is 0 Å². The standard InChI is InChI=1S/C3H5GeO2/c1-6-3(5)2-4/h2H2,1H3. The molecule has 0 spiro atoms. The normalized spacial score (nSPS) is 7.67. The summed E-state index contributed by atoms with van der Waals surface area (Å²) in [5.41, 5.74) is 0. The van der Waals surface area contributed by atoms with Crippen molar-refractivity contribution in [2.45, 2.75) is 5.25 Å². The molecule has 0 aromatic carbocycles. The topological polar surface area (TPSA) is 26.3 Å². The van der Waals surface area contributed by atoms with E-state index in [9.17, 15) is 4.79 Å². The van der Waals surface area contributed by atoms with Crippen LogP contribution in [-0.2, 0) is 9.53 Å². The van der Waals surface area contributed by atoms with Crippen molar-refractivity contribution >= 4 is 22.5 Å². The fraction of sp³-hybridized carbons (Fsp3) is 0.667. The van der Waals surface area contributed by atoms with E-state index in [1.807, 2.05) is 0 Å². The molecule has 2 nitrogen and oxygen atoms in total. The van der Waals surface area contributed by atoms with Gasteiger partial charge in [0.1, 0.15) is 0 Å². The zero-order chi connectivity index (χ0) is 4.99. The van der Waals surface area contributed by atoms with Gasteiger partial charge in [-0.15, -0.1) is 0 Å². The molecule has 0 aliphatic rings. The van der Waals surface area contributed by atoms with Gasteiger partial charge in [-0.25, -0.2) is 0 Å². The molecule has 0 unspecified atom stereocenters. The van der Waals surface area contributed by atoms with E-state index in [0.29, 0.717) is 5.25 Å². The summed E-state index contributed by atoms with van der Waals surface area (Å²) >= 11 is 1.76. The fourth-order valence-corrected chi connectivity index (χ4v) is 0.375. The molecule has 0 saturated heterocycles. The van der Waals surface area contributed by atoms with Gasteiger partial charge in [-0.2, -0.15) is 0 Å². The number of methoxy groups -OCH3 is 1. The summed E-state index contributed by atoms with van der Waals surface area (Å²) in [6.07, 6.45) is 0. The number of carbonyl (C=O) groups is 1. The SMILES string of the molecule is COC(=O)[CH2][Ge]. The third-order valence-electron chi connectivity index (χ3n) is 0.372. The van der Waals surface area contributed by atoms with Gasteiger partial charge in [0, 0.05) is 0 Å². The molecule has 0 aromatic heterocycles. The number of carbonyl (C=O) groups excluding carboxylic acids is 1. The van der Waals surface area contributed by atoms with Crippen LogP contribution < -0.4 is 0 Å². The number of rotatable bonds is 1. The number of hydrogen-bond donors (Lipinski definition) is 0.